The summed E-state index contributed by atoms with van der Waals surface area (Å²) < 4.78 is 0. The lowest BCUT2D eigenvalue weighted by Crippen LogP contribution is -2.22. The van der Waals surface area contributed by atoms with Gasteiger partial charge in [0.2, 0.25) is 5.28 Å². The van der Waals surface area contributed by atoms with Crippen LogP contribution in [-0.4, -0.2) is 29.1 Å². The van der Waals surface area contributed by atoms with E-state index in [0.717, 1.165) is 31.0 Å². The Hall–Kier alpha value is -0.580. The molecule has 2 heterocycles. The van der Waals surface area contributed by atoms with Gasteiger partial charge in [0, 0.05) is 24.3 Å². The van der Waals surface area contributed by atoms with Crippen LogP contribution < -0.4 is 10.6 Å². The highest BCUT2D eigenvalue weighted by Crippen LogP contribution is 2.12. The van der Waals surface area contributed by atoms with Crippen LogP contribution in [0.15, 0.2) is 6.07 Å². The third-order valence-electron chi connectivity index (χ3n) is 2.24. The van der Waals surface area contributed by atoms with E-state index in [1.54, 1.807) is 0 Å². The van der Waals surface area contributed by atoms with Gasteiger partial charge in [0.25, 0.3) is 0 Å². The summed E-state index contributed by atoms with van der Waals surface area (Å²) in [4.78, 5) is 8.12. The molecular formula is C9H14Cl2N4. The van der Waals surface area contributed by atoms with Crippen LogP contribution in [0.3, 0.4) is 0 Å². The van der Waals surface area contributed by atoms with Crippen molar-refractivity contribution in [2.75, 3.05) is 18.4 Å². The van der Waals surface area contributed by atoms with Crippen molar-refractivity contribution in [2.45, 2.75) is 19.4 Å². The van der Waals surface area contributed by atoms with Gasteiger partial charge in [0.1, 0.15) is 5.82 Å². The van der Waals surface area contributed by atoms with E-state index < -0.39 is 0 Å². The summed E-state index contributed by atoms with van der Waals surface area (Å²) in [6.45, 7) is 3.96. The van der Waals surface area contributed by atoms with Crippen molar-refractivity contribution in [3.8, 4) is 0 Å². The van der Waals surface area contributed by atoms with Crippen LogP contribution in [0.2, 0.25) is 5.28 Å². The third kappa shape index (κ3) is 3.48. The minimum absolute atomic E-state index is 0. The Bertz CT molecular complexity index is 306. The van der Waals surface area contributed by atoms with E-state index in [9.17, 15) is 0 Å². The molecule has 1 saturated heterocycles. The molecule has 84 valence electrons. The fraction of sp³-hybridized carbons (Fsp3) is 0.556. The van der Waals surface area contributed by atoms with Gasteiger partial charge < -0.3 is 10.6 Å². The van der Waals surface area contributed by atoms with Crippen molar-refractivity contribution in [3.05, 3.63) is 17.0 Å². The Morgan fingerprint density at radius 3 is 2.93 bits per heavy atom. The van der Waals surface area contributed by atoms with Crippen LogP contribution in [0.25, 0.3) is 0 Å². The topological polar surface area (TPSA) is 49.8 Å². The molecule has 0 spiro atoms. The Morgan fingerprint density at radius 1 is 1.53 bits per heavy atom. The second-order valence-corrected chi connectivity index (χ2v) is 3.84. The average molecular weight is 249 g/mol. The average Bonchev–Trinajstić information content (AvgIpc) is 2.54. The first kappa shape index (κ1) is 12.5. The fourth-order valence-electron chi connectivity index (χ4n) is 1.59. The second kappa shape index (κ2) is 5.49. The van der Waals surface area contributed by atoms with Gasteiger partial charge in [-0.15, -0.1) is 12.4 Å². The van der Waals surface area contributed by atoms with Crippen LogP contribution in [0, 0.1) is 6.92 Å². The largest absolute Gasteiger partial charge is 0.366 e. The molecule has 15 heavy (non-hydrogen) atoms. The molecule has 1 aliphatic heterocycles. The smallest absolute Gasteiger partial charge is 0.224 e. The first-order chi connectivity index (χ1) is 6.74. The van der Waals surface area contributed by atoms with Crippen LogP contribution in [0.4, 0.5) is 5.82 Å². The van der Waals surface area contributed by atoms with E-state index in [1.807, 2.05) is 13.0 Å². The van der Waals surface area contributed by atoms with Crippen LogP contribution >= 0.6 is 24.0 Å². The molecular weight excluding hydrogens is 235 g/mol. The van der Waals surface area contributed by atoms with Gasteiger partial charge in [0.05, 0.1) is 0 Å². The predicted octanol–water partition coefficient (Wildman–Crippen LogP) is 1.63. The van der Waals surface area contributed by atoms with Gasteiger partial charge in [-0.25, -0.2) is 9.97 Å². The standard InChI is InChI=1S/C9H13ClN4.ClH/c1-6-4-8(14-9(10)12-6)13-7-2-3-11-5-7;/h4,7,11H,2-3,5H2,1H3,(H,12,13,14);1H. The zero-order chi connectivity index (χ0) is 9.97. The van der Waals surface area contributed by atoms with E-state index in [2.05, 4.69) is 20.6 Å². The molecule has 1 aromatic heterocycles. The molecule has 0 radical (unpaired) electrons. The number of rotatable bonds is 2. The predicted molar refractivity (Wildman–Crippen MR) is 63.9 cm³/mol. The highest BCUT2D eigenvalue weighted by atomic mass is 35.5. The number of aromatic nitrogens is 2. The van der Waals surface area contributed by atoms with Gasteiger partial charge >= 0.3 is 0 Å². The van der Waals surface area contributed by atoms with E-state index >= 15 is 0 Å². The fourth-order valence-corrected chi connectivity index (χ4v) is 1.82. The van der Waals surface area contributed by atoms with Gasteiger partial charge in [-0.05, 0) is 31.5 Å². The molecule has 1 atom stereocenters. The van der Waals surface area contributed by atoms with Gasteiger partial charge in [-0.2, -0.15) is 0 Å². The molecule has 1 aromatic rings. The molecule has 1 fully saturated rings. The normalized spacial score (nSPS) is 19.7. The van der Waals surface area contributed by atoms with Crippen molar-refractivity contribution in [3.63, 3.8) is 0 Å². The number of hydrogen-bond donors (Lipinski definition) is 2. The van der Waals surface area contributed by atoms with E-state index in [0.29, 0.717) is 11.3 Å². The second-order valence-electron chi connectivity index (χ2n) is 3.50. The highest BCUT2D eigenvalue weighted by Gasteiger charge is 2.14. The Morgan fingerprint density at radius 2 is 2.33 bits per heavy atom. The molecule has 1 unspecified atom stereocenters. The number of halogens is 2. The minimum atomic E-state index is 0. The molecule has 4 nitrogen and oxygen atoms in total. The van der Waals surface area contributed by atoms with E-state index in [-0.39, 0.29) is 12.4 Å². The number of anilines is 1. The Kier molecular flexibility index (Phi) is 4.57. The quantitative estimate of drug-likeness (QED) is 0.782. The summed E-state index contributed by atoms with van der Waals surface area (Å²) in [5, 5.41) is 6.91. The molecule has 6 heteroatoms. The van der Waals surface area contributed by atoms with Crippen molar-refractivity contribution in [1.29, 1.82) is 0 Å². The van der Waals surface area contributed by atoms with Crippen molar-refractivity contribution >= 4 is 29.8 Å². The number of hydrogen-bond acceptors (Lipinski definition) is 4. The van der Waals surface area contributed by atoms with Gasteiger partial charge in [-0.3, -0.25) is 0 Å². The van der Waals surface area contributed by atoms with Gasteiger partial charge in [0.15, 0.2) is 0 Å². The molecule has 0 saturated carbocycles. The third-order valence-corrected chi connectivity index (χ3v) is 2.41. The van der Waals surface area contributed by atoms with Gasteiger partial charge in [-0.1, -0.05) is 0 Å². The molecule has 2 N–H and O–H groups in total. The highest BCUT2D eigenvalue weighted by molar-refractivity contribution is 6.28. The maximum atomic E-state index is 5.76. The lowest BCUT2D eigenvalue weighted by Gasteiger charge is -2.11. The maximum Gasteiger partial charge on any atom is 0.224 e. The van der Waals surface area contributed by atoms with Crippen LogP contribution in [-0.2, 0) is 0 Å². The summed E-state index contributed by atoms with van der Waals surface area (Å²) in [5.41, 5.74) is 0.887. The molecule has 0 bridgehead atoms. The summed E-state index contributed by atoms with van der Waals surface area (Å²) >= 11 is 5.76. The Balaban J connectivity index is 0.00000112. The number of aryl methyl sites for hydroxylation is 1. The van der Waals surface area contributed by atoms with Crippen molar-refractivity contribution < 1.29 is 0 Å². The summed E-state index contributed by atoms with van der Waals surface area (Å²) in [6, 6.07) is 2.37. The lowest BCUT2D eigenvalue weighted by molar-refractivity contribution is 0.786. The van der Waals surface area contributed by atoms with Crippen LogP contribution in [0.5, 0.6) is 0 Å². The summed E-state index contributed by atoms with van der Waals surface area (Å²) in [6.07, 6.45) is 1.13. The number of nitrogens with one attached hydrogen (secondary N) is 2. The molecule has 0 amide bonds. The number of nitrogens with zero attached hydrogens (tertiary/aromatic N) is 2. The monoisotopic (exact) mass is 248 g/mol. The molecule has 0 aliphatic carbocycles. The van der Waals surface area contributed by atoms with Crippen molar-refractivity contribution in [1.82, 2.24) is 15.3 Å². The first-order valence-electron chi connectivity index (χ1n) is 4.72. The minimum Gasteiger partial charge on any atom is -0.366 e. The lowest BCUT2D eigenvalue weighted by atomic mass is 10.2. The van der Waals surface area contributed by atoms with E-state index in [4.69, 9.17) is 11.6 Å². The zero-order valence-electron chi connectivity index (χ0n) is 8.46. The maximum absolute atomic E-state index is 5.76. The SMILES string of the molecule is Cc1cc(NC2CCNC2)nc(Cl)n1.Cl. The molecule has 1 aliphatic rings. The summed E-state index contributed by atoms with van der Waals surface area (Å²) in [5.74, 6) is 0.816. The van der Waals surface area contributed by atoms with Crippen molar-refractivity contribution in [2.24, 2.45) is 0 Å². The van der Waals surface area contributed by atoms with Crippen LogP contribution in [0.1, 0.15) is 12.1 Å². The van der Waals surface area contributed by atoms with E-state index in [1.165, 1.54) is 0 Å². The molecule has 0 aromatic carbocycles. The Labute approximate surface area is 100 Å². The zero-order valence-corrected chi connectivity index (χ0v) is 10.0. The summed E-state index contributed by atoms with van der Waals surface area (Å²) in [7, 11) is 0. The molecule has 2 rings (SSSR count). The first-order valence-corrected chi connectivity index (χ1v) is 5.10.